The van der Waals surface area contributed by atoms with E-state index < -0.39 is 0 Å². The van der Waals surface area contributed by atoms with Gasteiger partial charge in [-0.05, 0) is 49.5 Å². The topological polar surface area (TPSA) is 15.3 Å². The molecular formula is C14H22N2. The molecule has 1 aromatic rings. The number of hydrogen-bond acceptors (Lipinski definition) is 2. The summed E-state index contributed by atoms with van der Waals surface area (Å²) in [7, 11) is 2.20. The van der Waals surface area contributed by atoms with Crippen molar-refractivity contribution in [3.05, 3.63) is 29.8 Å². The van der Waals surface area contributed by atoms with Crippen molar-refractivity contribution in [2.24, 2.45) is 5.92 Å². The van der Waals surface area contributed by atoms with E-state index >= 15 is 0 Å². The highest BCUT2D eigenvalue weighted by molar-refractivity contribution is 5.48. The number of anilines is 1. The quantitative estimate of drug-likeness (QED) is 0.834. The average molecular weight is 218 g/mol. The van der Waals surface area contributed by atoms with Gasteiger partial charge in [-0.25, -0.2) is 0 Å². The van der Waals surface area contributed by atoms with Crippen molar-refractivity contribution in [1.29, 1.82) is 0 Å². The molecule has 0 spiro atoms. The lowest BCUT2D eigenvalue weighted by atomic mass is 10.1. The summed E-state index contributed by atoms with van der Waals surface area (Å²) in [6.07, 6.45) is 2.43. The second kappa shape index (κ2) is 5.35. The summed E-state index contributed by atoms with van der Waals surface area (Å²) in [6.45, 7) is 5.74. The lowest BCUT2D eigenvalue weighted by molar-refractivity contribution is 0.578. The van der Waals surface area contributed by atoms with Crippen molar-refractivity contribution in [1.82, 2.24) is 5.32 Å². The van der Waals surface area contributed by atoms with Gasteiger partial charge in [0.2, 0.25) is 0 Å². The van der Waals surface area contributed by atoms with Crippen LogP contribution in [-0.4, -0.2) is 26.7 Å². The molecule has 1 aromatic carbocycles. The molecule has 1 fully saturated rings. The van der Waals surface area contributed by atoms with Gasteiger partial charge in [0.05, 0.1) is 0 Å². The van der Waals surface area contributed by atoms with E-state index in [-0.39, 0.29) is 0 Å². The Morgan fingerprint density at radius 1 is 1.44 bits per heavy atom. The third-order valence-electron chi connectivity index (χ3n) is 3.45. The monoisotopic (exact) mass is 218 g/mol. The van der Waals surface area contributed by atoms with Gasteiger partial charge in [-0.2, -0.15) is 0 Å². The largest absolute Gasteiger partial charge is 0.374 e. The molecule has 0 amide bonds. The minimum atomic E-state index is 0.815. The van der Waals surface area contributed by atoms with Crippen LogP contribution in [0.25, 0.3) is 0 Å². The fourth-order valence-electron chi connectivity index (χ4n) is 2.38. The maximum atomic E-state index is 3.43. The predicted octanol–water partition coefficient (Wildman–Crippen LogP) is 2.29. The van der Waals surface area contributed by atoms with Gasteiger partial charge in [0.25, 0.3) is 0 Å². The molecule has 1 unspecified atom stereocenters. The molecule has 1 saturated heterocycles. The lowest BCUT2D eigenvalue weighted by Gasteiger charge is -2.23. The zero-order chi connectivity index (χ0) is 11.4. The van der Waals surface area contributed by atoms with Crippen LogP contribution in [0, 0.1) is 5.92 Å². The Hall–Kier alpha value is -1.02. The summed E-state index contributed by atoms with van der Waals surface area (Å²) >= 11 is 0. The molecule has 1 aliphatic heterocycles. The van der Waals surface area contributed by atoms with Crippen molar-refractivity contribution in [2.45, 2.75) is 19.8 Å². The molecule has 2 rings (SSSR count). The third kappa shape index (κ3) is 2.76. The van der Waals surface area contributed by atoms with Crippen LogP contribution < -0.4 is 10.2 Å². The fraction of sp³-hybridized carbons (Fsp3) is 0.571. The molecule has 2 nitrogen and oxygen atoms in total. The van der Waals surface area contributed by atoms with E-state index in [0.717, 1.165) is 12.3 Å². The standard InChI is InChI=1S/C14H22N2/c1-3-12-5-4-6-14(9-12)16(2)11-13-7-8-15-10-13/h4-6,9,13,15H,3,7-8,10-11H2,1-2H3. The van der Waals surface area contributed by atoms with Crippen LogP contribution in [0.3, 0.4) is 0 Å². The van der Waals surface area contributed by atoms with Crippen LogP contribution >= 0.6 is 0 Å². The molecule has 0 aliphatic carbocycles. The number of aryl methyl sites for hydroxylation is 1. The van der Waals surface area contributed by atoms with Crippen LogP contribution in [0.4, 0.5) is 5.69 Å². The second-order valence-electron chi connectivity index (χ2n) is 4.76. The van der Waals surface area contributed by atoms with Gasteiger partial charge < -0.3 is 10.2 Å². The Balaban J connectivity index is 1.98. The first kappa shape index (κ1) is 11.5. The van der Waals surface area contributed by atoms with Gasteiger partial charge in [0, 0.05) is 19.3 Å². The number of nitrogens with one attached hydrogen (secondary N) is 1. The third-order valence-corrected chi connectivity index (χ3v) is 3.45. The highest BCUT2D eigenvalue weighted by Crippen LogP contribution is 2.18. The molecule has 1 aliphatic rings. The summed E-state index contributed by atoms with van der Waals surface area (Å²) in [6, 6.07) is 8.88. The zero-order valence-electron chi connectivity index (χ0n) is 10.4. The van der Waals surface area contributed by atoms with Gasteiger partial charge in [-0.15, -0.1) is 0 Å². The maximum Gasteiger partial charge on any atom is 0.0366 e. The molecule has 0 aromatic heterocycles. The van der Waals surface area contributed by atoms with E-state index in [9.17, 15) is 0 Å². The first-order valence-corrected chi connectivity index (χ1v) is 6.30. The zero-order valence-corrected chi connectivity index (χ0v) is 10.4. The fourth-order valence-corrected chi connectivity index (χ4v) is 2.38. The highest BCUT2D eigenvalue weighted by Gasteiger charge is 2.16. The van der Waals surface area contributed by atoms with Gasteiger partial charge in [-0.1, -0.05) is 19.1 Å². The van der Waals surface area contributed by atoms with E-state index in [1.807, 2.05) is 0 Å². The van der Waals surface area contributed by atoms with Gasteiger partial charge in [0.15, 0.2) is 0 Å². The van der Waals surface area contributed by atoms with Crippen molar-refractivity contribution in [2.75, 3.05) is 31.6 Å². The molecule has 2 heteroatoms. The van der Waals surface area contributed by atoms with E-state index in [4.69, 9.17) is 0 Å². The Morgan fingerprint density at radius 3 is 3.00 bits per heavy atom. The molecule has 88 valence electrons. The predicted molar refractivity (Wildman–Crippen MR) is 70.1 cm³/mol. The summed E-state index contributed by atoms with van der Waals surface area (Å²) < 4.78 is 0. The summed E-state index contributed by atoms with van der Waals surface area (Å²) in [5.74, 6) is 0.815. The van der Waals surface area contributed by atoms with Crippen LogP contribution in [-0.2, 0) is 6.42 Å². The summed E-state index contributed by atoms with van der Waals surface area (Å²) in [4.78, 5) is 2.39. The summed E-state index contributed by atoms with van der Waals surface area (Å²) in [5.41, 5.74) is 2.78. The van der Waals surface area contributed by atoms with E-state index in [2.05, 4.69) is 48.5 Å². The van der Waals surface area contributed by atoms with Crippen molar-refractivity contribution < 1.29 is 0 Å². The molecule has 1 atom stereocenters. The van der Waals surface area contributed by atoms with Crippen molar-refractivity contribution in [3.8, 4) is 0 Å². The van der Waals surface area contributed by atoms with Crippen LogP contribution in [0.15, 0.2) is 24.3 Å². The molecule has 0 radical (unpaired) electrons. The lowest BCUT2D eigenvalue weighted by Crippen LogP contribution is -2.26. The van der Waals surface area contributed by atoms with E-state index in [0.29, 0.717) is 0 Å². The van der Waals surface area contributed by atoms with Gasteiger partial charge in [0.1, 0.15) is 0 Å². The van der Waals surface area contributed by atoms with E-state index in [1.54, 1.807) is 0 Å². The molecule has 1 heterocycles. The second-order valence-corrected chi connectivity index (χ2v) is 4.76. The highest BCUT2D eigenvalue weighted by atomic mass is 15.1. The molecule has 0 saturated carbocycles. The van der Waals surface area contributed by atoms with Crippen molar-refractivity contribution >= 4 is 5.69 Å². The van der Waals surface area contributed by atoms with Crippen LogP contribution in [0.1, 0.15) is 18.9 Å². The summed E-state index contributed by atoms with van der Waals surface area (Å²) in [5, 5.41) is 3.43. The number of rotatable bonds is 4. The van der Waals surface area contributed by atoms with Crippen LogP contribution in [0.5, 0.6) is 0 Å². The first-order chi connectivity index (χ1) is 7.79. The van der Waals surface area contributed by atoms with Crippen LogP contribution in [0.2, 0.25) is 0 Å². The Labute approximate surface area is 98.7 Å². The van der Waals surface area contributed by atoms with Gasteiger partial charge in [-0.3, -0.25) is 0 Å². The number of hydrogen-bond donors (Lipinski definition) is 1. The molecular weight excluding hydrogens is 196 g/mol. The minimum absolute atomic E-state index is 0.815. The first-order valence-electron chi connectivity index (χ1n) is 6.30. The number of benzene rings is 1. The van der Waals surface area contributed by atoms with Gasteiger partial charge >= 0.3 is 0 Å². The van der Waals surface area contributed by atoms with E-state index in [1.165, 1.54) is 37.3 Å². The maximum absolute atomic E-state index is 3.43. The average Bonchev–Trinajstić information content (AvgIpc) is 2.82. The Kier molecular flexibility index (Phi) is 3.83. The normalized spacial score (nSPS) is 20.0. The number of nitrogens with zero attached hydrogens (tertiary/aromatic N) is 1. The SMILES string of the molecule is CCc1cccc(N(C)CC2CCNC2)c1. The smallest absolute Gasteiger partial charge is 0.0366 e. The molecule has 0 bridgehead atoms. The molecule has 16 heavy (non-hydrogen) atoms. The van der Waals surface area contributed by atoms with Crippen molar-refractivity contribution in [3.63, 3.8) is 0 Å². The Morgan fingerprint density at radius 2 is 2.31 bits per heavy atom. The molecule has 1 N–H and O–H groups in total. The minimum Gasteiger partial charge on any atom is -0.374 e. The Bertz CT molecular complexity index is 329.